The van der Waals surface area contributed by atoms with Crippen LogP contribution in [-0.2, 0) is 0 Å². The Kier molecular flexibility index (Phi) is 4.34. The van der Waals surface area contributed by atoms with Crippen molar-refractivity contribution in [3.8, 4) is 5.75 Å². The minimum Gasteiger partial charge on any atom is -0.492 e. The standard InChI is InChI=1S/C15H19N3O/c1-11-4-6-14(7-5-11)19-9-8-16-15-17-12(2)10-13(3)18-15/h4-7,10H,8-9H2,1-3H3,(H,16,17,18). The zero-order chi connectivity index (χ0) is 13.7. The quantitative estimate of drug-likeness (QED) is 0.837. The molecule has 0 radical (unpaired) electrons. The largest absolute Gasteiger partial charge is 0.492 e. The van der Waals surface area contributed by atoms with Crippen molar-refractivity contribution in [3.63, 3.8) is 0 Å². The van der Waals surface area contributed by atoms with Crippen LogP contribution in [0.2, 0.25) is 0 Å². The van der Waals surface area contributed by atoms with Crippen molar-refractivity contribution in [3.05, 3.63) is 47.3 Å². The smallest absolute Gasteiger partial charge is 0.223 e. The number of hydrogen-bond donors (Lipinski definition) is 1. The number of anilines is 1. The molecule has 1 aromatic heterocycles. The van der Waals surface area contributed by atoms with Gasteiger partial charge >= 0.3 is 0 Å². The highest BCUT2D eigenvalue weighted by Gasteiger charge is 1.99. The molecule has 0 bridgehead atoms. The third-order valence-electron chi connectivity index (χ3n) is 2.66. The summed E-state index contributed by atoms with van der Waals surface area (Å²) in [5, 5.41) is 3.16. The summed E-state index contributed by atoms with van der Waals surface area (Å²) in [4.78, 5) is 8.62. The molecule has 0 aliphatic rings. The number of aromatic nitrogens is 2. The number of nitrogens with one attached hydrogen (secondary N) is 1. The Morgan fingerprint density at radius 3 is 2.26 bits per heavy atom. The first-order chi connectivity index (χ1) is 9.13. The molecule has 1 aromatic carbocycles. The van der Waals surface area contributed by atoms with Crippen LogP contribution in [0.15, 0.2) is 30.3 Å². The van der Waals surface area contributed by atoms with E-state index in [1.165, 1.54) is 5.56 Å². The summed E-state index contributed by atoms with van der Waals surface area (Å²) in [6.07, 6.45) is 0. The third-order valence-corrected chi connectivity index (χ3v) is 2.66. The predicted octanol–water partition coefficient (Wildman–Crippen LogP) is 2.89. The van der Waals surface area contributed by atoms with E-state index in [1.807, 2.05) is 44.2 Å². The lowest BCUT2D eigenvalue weighted by Gasteiger charge is -2.08. The lowest BCUT2D eigenvalue weighted by atomic mass is 10.2. The number of ether oxygens (including phenoxy) is 1. The van der Waals surface area contributed by atoms with Gasteiger partial charge in [-0.1, -0.05) is 17.7 Å². The fraction of sp³-hybridized carbons (Fsp3) is 0.333. The molecule has 0 aliphatic carbocycles. The number of nitrogens with zero attached hydrogens (tertiary/aromatic N) is 2. The van der Waals surface area contributed by atoms with Crippen LogP contribution < -0.4 is 10.1 Å². The molecule has 0 aliphatic heterocycles. The Balaban J connectivity index is 1.79. The molecule has 4 heteroatoms. The highest BCUT2D eigenvalue weighted by atomic mass is 16.5. The monoisotopic (exact) mass is 257 g/mol. The fourth-order valence-corrected chi connectivity index (χ4v) is 1.77. The van der Waals surface area contributed by atoms with Crippen molar-refractivity contribution in [2.75, 3.05) is 18.5 Å². The summed E-state index contributed by atoms with van der Waals surface area (Å²) in [6.45, 7) is 7.24. The summed E-state index contributed by atoms with van der Waals surface area (Å²) >= 11 is 0. The van der Waals surface area contributed by atoms with Gasteiger partial charge in [-0.2, -0.15) is 0 Å². The zero-order valence-electron chi connectivity index (χ0n) is 11.6. The lowest BCUT2D eigenvalue weighted by Crippen LogP contribution is -2.14. The summed E-state index contributed by atoms with van der Waals surface area (Å²) in [5.41, 5.74) is 3.16. The van der Waals surface area contributed by atoms with E-state index in [2.05, 4.69) is 22.2 Å². The fourth-order valence-electron chi connectivity index (χ4n) is 1.77. The van der Waals surface area contributed by atoms with Gasteiger partial charge in [-0.3, -0.25) is 0 Å². The average molecular weight is 257 g/mol. The first-order valence-corrected chi connectivity index (χ1v) is 6.39. The Morgan fingerprint density at radius 1 is 1.00 bits per heavy atom. The van der Waals surface area contributed by atoms with E-state index in [4.69, 9.17) is 4.74 Å². The SMILES string of the molecule is Cc1ccc(OCCNc2nc(C)cc(C)n2)cc1. The predicted molar refractivity (Wildman–Crippen MR) is 76.7 cm³/mol. The summed E-state index contributed by atoms with van der Waals surface area (Å²) in [7, 11) is 0. The zero-order valence-corrected chi connectivity index (χ0v) is 11.6. The van der Waals surface area contributed by atoms with E-state index in [9.17, 15) is 0 Å². The van der Waals surface area contributed by atoms with Crippen molar-refractivity contribution in [2.45, 2.75) is 20.8 Å². The Labute approximate surface area is 113 Å². The maximum Gasteiger partial charge on any atom is 0.223 e. The van der Waals surface area contributed by atoms with E-state index in [1.54, 1.807) is 0 Å². The van der Waals surface area contributed by atoms with Crippen LogP contribution >= 0.6 is 0 Å². The van der Waals surface area contributed by atoms with E-state index in [-0.39, 0.29) is 0 Å². The lowest BCUT2D eigenvalue weighted by molar-refractivity contribution is 0.332. The van der Waals surface area contributed by atoms with Gasteiger partial charge in [0.05, 0.1) is 6.54 Å². The van der Waals surface area contributed by atoms with E-state index >= 15 is 0 Å². The maximum absolute atomic E-state index is 5.63. The van der Waals surface area contributed by atoms with Gasteiger partial charge in [-0.25, -0.2) is 9.97 Å². The molecule has 19 heavy (non-hydrogen) atoms. The van der Waals surface area contributed by atoms with Crippen molar-refractivity contribution >= 4 is 5.95 Å². The summed E-state index contributed by atoms with van der Waals surface area (Å²) in [6, 6.07) is 9.98. The number of benzene rings is 1. The molecule has 0 fully saturated rings. The van der Waals surface area contributed by atoms with Crippen molar-refractivity contribution in [1.29, 1.82) is 0 Å². The molecule has 100 valence electrons. The average Bonchev–Trinajstić information content (AvgIpc) is 2.36. The molecule has 4 nitrogen and oxygen atoms in total. The molecule has 0 spiro atoms. The first kappa shape index (κ1) is 13.3. The van der Waals surface area contributed by atoms with Gasteiger partial charge in [0.2, 0.25) is 5.95 Å². The van der Waals surface area contributed by atoms with Gasteiger partial charge in [-0.15, -0.1) is 0 Å². The molecule has 2 aromatic rings. The van der Waals surface area contributed by atoms with Crippen molar-refractivity contribution < 1.29 is 4.74 Å². The van der Waals surface area contributed by atoms with Gasteiger partial charge in [0, 0.05) is 11.4 Å². The van der Waals surface area contributed by atoms with Gasteiger partial charge in [-0.05, 0) is 39.0 Å². The molecule has 0 atom stereocenters. The topological polar surface area (TPSA) is 47.0 Å². The van der Waals surface area contributed by atoms with E-state index in [0.717, 1.165) is 17.1 Å². The molecule has 0 saturated heterocycles. The molecule has 0 amide bonds. The molecular weight excluding hydrogens is 238 g/mol. The summed E-state index contributed by atoms with van der Waals surface area (Å²) < 4.78 is 5.63. The molecule has 0 unspecified atom stereocenters. The first-order valence-electron chi connectivity index (χ1n) is 6.39. The summed E-state index contributed by atoms with van der Waals surface area (Å²) in [5.74, 6) is 1.54. The van der Waals surface area contributed by atoms with Gasteiger partial charge in [0.1, 0.15) is 12.4 Å². The maximum atomic E-state index is 5.63. The van der Waals surface area contributed by atoms with Gasteiger partial charge in [0.15, 0.2) is 0 Å². The van der Waals surface area contributed by atoms with Crippen LogP contribution in [0, 0.1) is 20.8 Å². The minimum atomic E-state index is 0.583. The molecular formula is C15H19N3O. The van der Waals surface area contributed by atoms with E-state index in [0.29, 0.717) is 19.1 Å². The van der Waals surface area contributed by atoms with Crippen LogP contribution in [0.3, 0.4) is 0 Å². The molecule has 1 heterocycles. The van der Waals surface area contributed by atoms with Gasteiger partial charge < -0.3 is 10.1 Å². The third kappa shape index (κ3) is 4.25. The van der Waals surface area contributed by atoms with Crippen LogP contribution in [0.4, 0.5) is 5.95 Å². The molecule has 1 N–H and O–H groups in total. The second-order valence-corrected chi connectivity index (χ2v) is 4.56. The Bertz CT molecular complexity index is 517. The van der Waals surface area contributed by atoms with Crippen LogP contribution in [0.5, 0.6) is 5.75 Å². The number of rotatable bonds is 5. The Morgan fingerprint density at radius 2 is 1.63 bits per heavy atom. The van der Waals surface area contributed by atoms with Crippen LogP contribution in [-0.4, -0.2) is 23.1 Å². The van der Waals surface area contributed by atoms with Crippen molar-refractivity contribution in [1.82, 2.24) is 9.97 Å². The van der Waals surface area contributed by atoms with Crippen LogP contribution in [0.25, 0.3) is 0 Å². The Hall–Kier alpha value is -2.10. The van der Waals surface area contributed by atoms with Crippen LogP contribution in [0.1, 0.15) is 17.0 Å². The normalized spacial score (nSPS) is 10.3. The highest BCUT2D eigenvalue weighted by molar-refractivity contribution is 5.28. The second kappa shape index (κ2) is 6.18. The number of aryl methyl sites for hydroxylation is 3. The molecule has 0 saturated carbocycles. The highest BCUT2D eigenvalue weighted by Crippen LogP contribution is 2.11. The van der Waals surface area contributed by atoms with Gasteiger partial charge in [0.25, 0.3) is 0 Å². The van der Waals surface area contributed by atoms with E-state index < -0.39 is 0 Å². The second-order valence-electron chi connectivity index (χ2n) is 4.56. The number of hydrogen-bond acceptors (Lipinski definition) is 4. The minimum absolute atomic E-state index is 0.583. The molecule has 2 rings (SSSR count). The van der Waals surface area contributed by atoms with Crippen molar-refractivity contribution in [2.24, 2.45) is 0 Å².